The van der Waals surface area contributed by atoms with Crippen molar-refractivity contribution in [3.05, 3.63) is 71.8 Å². The fourth-order valence-corrected chi connectivity index (χ4v) is 3.04. The molecule has 1 fully saturated rings. The molecular formula is C21H20N2O3. The Morgan fingerprint density at radius 2 is 1.92 bits per heavy atom. The Morgan fingerprint density at radius 1 is 1.12 bits per heavy atom. The maximum atomic E-state index is 12.8. The highest BCUT2D eigenvalue weighted by atomic mass is 16.5. The van der Waals surface area contributed by atoms with E-state index in [0.717, 1.165) is 30.5 Å². The molecule has 4 rings (SSSR count). The summed E-state index contributed by atoms with van der Waals surface area (Å²) >= 11 is 0. The number of rotatable bonds is 4. The quantitative estimate of drug-likeness (QED) is 0.784. The van der Waals surface area contributed by atoms with Gasteiger partial charge in [-0.15, -0.1) is 0 Å². The number of ether oxygens (including phenoxy) is 1. The third-order valence-electron chi connectivity index (χ3n) is 4.40. The van der Waals surface area contributed by atoms with Crippen LogP contribution in [0.1, 0.15) is 23.2 Å². The van der Waals surface area contributed by atoms with Crippen molar-refractivity contribution in [1.82, 2.24) is 5.32 Å². The smallest absolute Gasteiger partial charge is 0.256 e. The molecule has 1 aromatic heterocycles. The third kappa shape index (κ3) is 3.68. The van der Waals surface area contributed by atoms with E-state index in [0.29, 0.717) is 23.2 Å². The summed E-state index contributed by atoms with van der Waals surface area (Å²) < 4.78 is 11.5. The Kier molecular flexibility index (Phi) is 4.80. The lowest BCUT2D eigenvalue weighted by Gasteiger charge is -2.11. The maximum Gasteiger partial charge on any atom is 0.256 e. The zero-order valence-corrected chi connectivity index (χ0v) is 14.4. The monoisotopic (exact) mass is 348 g/mol. The van der Waals surface area contributed by atoms with Crippen LogP contribution in [-0.4, -0.2) is 25.2 Å². The number of amides is 1. The number of hydrogen-bond acceptors (Lipinski definition) is 4. The Balaban J connectivity index is 1.72. The van der Waals surface area contributed by atoms with E-state index in [1.807, 2.05) is 60.7 Å². The number of hydrogen-bond donors (Lipinski definition) is 1. The van der Waals surface area contributed by atoms with E-state index in [2.05, 4.69) is 10.3 Å². The fourth-order valence-electron chi connectivity index (χ4n) is 3.04. The lowest BCUT2D eigenvalue weighted by Crippen LogP contribution is -2.34. The van der Waals surface area contributed by atoms with Crippen LogP contribution in [0.15, 0.2) is 70.1 Å². The molecule has 0 bridgehead atoms. The maximum absolute atomic E-state index is 12.8. The summed E-state index contributed by atoms with van der Waals surface area (Å²) in [6, 6.07) is 18.9. The van der Waals surface area contributed by atoms with Gasteiger partial charge in [0.25, 0.3) is 5.91 Å². The van der Waals surface area contributed by atoms with Gasteiger partial charge in [-0.1, -0.05) is 36.4 Å². The SMILES string of the molecule is O=C(NC[C@@H]1CCCO1)c1cc2ccccc2oc1=Nc1ccccc1. The van der Waals surface area contributed by atoms with E-state index in [1.54, 1.807) is 0 Å². The van der Waals surface area contributed by atoms with Crippen molar-refractivity contribution in [2.75, 3.05) is 13.2 Å². The largest absolute Gasteiger partial charge is 0.438 e. The minimum atomic E-state index is -0.204. The number of nitrogens with zero attached hydrogens (tertiary/aromatic N) is 1. The van der Waals surface area contributed by atoms with Crippen LogP contribution in [0.2, 0.25) is 0 Å². The number of fused-ring (bicyclic) bond motifs is 1. The van der Waals surface area contributed by atoms with Gasteiger partial charge in [-0.2, -0.15) is 0 Å². The van der Waals surface area contributed by atoms with Gasteiger partial charge in [0.15, 0.2) is 0 Å². The van der Waals surface area contributed by atoms with Crippen molar-refractivity contribution < 1.29 is 13.9 Å². The fraction of sp³-hybridized carbons (Fsp3) is 0.238. The molecule has 0 spiro atoms. The molecule has 1 N–H and O–H groups in total. The van der Waals surface area contributed by atoms with E-state index in [-0.39, 0.29) is 12.0 Å². The number of nitrogens with one attached hydrogen (secondary N) is 1. The molecule has 0 radical (unpaired) electrons. The molecule has 3 aromatic rings. The first-order valence-electron chi connectivity index (χ1n) is 8.82. The number of para-hydroxylation sites is 2. The average molecular weight is 348 g/mol. The zero-order chi connectivity index (χ0) is 17.8. The van der Waals surface area contributed by atoms with Gasteiger partial charge >= 0.3 is 0 Å². The summed E-state index contributed by atoms with van der Waals surface area (Å²) in [7, 11) is 0. The highest BCUT2D eigenvalue weighted by Crippen LogP contribution is 2.15. The van der Waals surface area contributed by atoms with E-state index in [4.69, 9.17) is 9.15 Å². The minimum Gasteiger partial charge on any atom is -0.438 e. The molecule has 1 aliphatic rings. The van der Waals surface area contributed by atoms with Crippen molar-refractivity contribution in [3.8, 4) is 0 Å². The summed E-state index contributed by atoms with van der Waals surface area (Å²) in [6.45, 7) is 1.26. The third-order valence-corrected chi connectivity index (χ3v) is 4.40. The van der Waals surface area contributed by atoms with Crippen LogP contribution in [0.5, 0.6) is 0 Å². The van der Waals surface area contributed by atoms with Crippen LogP contribution in [-0.2, 0) is 4.74 Å². The van der Waals surface area contributed by atoms with Crippen molar-refractivity contribution in [2.24, 2.45) is 4.99 Å². The van der Waals surface area contributed by atoms with Crippen LogP contribution in [0.25, 0.3) is 11.0 Å². The van der Waals surface area contributed by atoms with Crippen LogP contribution in [0, 0.1) is 0 Å². The first-order chi connectivity index (χ1) is 12.8. The molecular weight excluding hydrogens is 328 g/mol. The molecule has 5 heteroatoms. The minimum absolute atomic E-state index is 0.0888. The molecule has 1 saturated heterocycles. The van der Waals surface area contributed by atoms with E-state index in [1.165, 1.54) is 0 Å². The highest BCUT2D eigenvalue weighted by molar-refractivity contribution is 5.96. The molecule has 2 aromatic carbocycles. The average Bonchev–Trinajstić information content (AvgIpc) is 3.20. The van der Waals surface area contributed by atoms with Gasteiger partial charge in [-0.25, -0.2) is 4.99 Å². The van der Waals surface area contributed by atoms with Gasteiger partial charge in [-0.05, 0) is 37.1 Å². The topological polar surface area (TPSA) is 63.8 Å². The normalized spacial score (nSPS) is 17.5. The van der Waals surface area contributed by atoms with E-state index >= 15 is 0 Å². The predicted molar refractivity (Wildman–Crippen MR) is 99.2 cm³/mol. The second-order valence-electron chi connectivity index (χ2n) is 6.30. The second kappa shape index (κ2) is 7.54. The molecule has 2 heterocycles. The lowest BCUT2D eigenvalue weighted by molar-refractivity contribution is 0.0854. The van der Waals surface area contributed by atoms with Gasteiger partial charge in [0.05, 0.1) is 11.8 Å². The highest BCUT2D eigenvalue weighted by Gasteiger charge is 2.18. The standard InChI is InChI=1S/C21H20N2O3/c24-20(22-14-17-10-6-12-25-17)18-13-15-7-4-5-11-19(15)26-21(18)23-16-8-2-1-3-9-16/h1-5,7-9,11,13,17H,6,10,12,14H2,(H,22,24)/t17-/m0/s1. The van der Waals surface area contributed by atoms with Crippen molar-refractivity contribution in [3.63, 3.8) is 0 Å². The van der Waals surface area contributed by atoms with Crippen LogP contribution >= 0.6 is 0 Å². The molecule has 1 atom stereocenters. The molecule has 0 unspecified atom stereocenters. The molecule has 132 valence electrons. The zero-order valence-electron chi connectivity index (χ0n) is 14.4. The van der Waals surface area contributed by atoms with Crippen LogP contribution < -0.4 is 10.9 Å². The number of carbonyl (C=O) groups excluding carboxylic acids is 1. The lowest BCUT2D eigenvalue weighted by atomic mass is 10.1. The molecule has 0 aliphatic carbocycles. The first-order valence-corrected chi connectivity index (χ1v) is 8.82. The summed E-state index contributed by atoms with van der Waals surface area (Å²) in [5.41, 5.74) is 2.16. The summed E-state index contributed by atoms with van der Waals surface area (Å²) in [5, 5.41) is 3.81. The van der Waals surface area contributed by atoms with Gasteiger partial charge in [0.1, 0.15) is 11.1 Å². The number of benzene rings is 2. The summed E-state index contributed by atoms with van der Waals surface area (Å²) in [6.07, 6.45) is 2.11. The van der Waals surface area contributed by atoms with E-state index < -0.39 is 0 Å². The summed E-state index contributed by atoms with van der Waals surface area (Å²) in [5.74, 6) is -0.204. The van der Waals surface area contributed by atoms with Gasteiger partial charge < -0.3 is 14.5 Å². The molecule has 5 nitrogen and oxygen atoms in total. The Bertz CT molecular complexity index is 973. The van der Waals surface area contributed by atoms with Gasteiger partial charge in [-0.3, -0.25) is 4.79 Å². The van der Waals surface area contributed by atoms with Crippen molar-refractivity contribution >= 4 is 22.6 Å². The predicted octanol–water partition coefficient (Wildman–Crippen LogP) is 3.57. The molecule has 1 aliphatic heterocycles. The Hall–Kier alpha value is -2.92. The summed E-state index contributed by atoms with van der Waals surface area (Å²) in [4.78, 5) is 17.3. The Morgan fingerprint density at radius 3 is 2.73 bits per heavy atom. The van der Waals surface area contributed by atoms with Gasteiger partial charge in [0.2, 0.25) is 5.55 Å². The van der Waals surface area contributed by atoms with Crippen LogP contribution in [0.3, 0.4) is 0 Å². The number of carbonyl (C=O) groups is 1. The van der Waals surface area contributed by atoms with Gasteiger partial charge in [0, 0.05) is 18.5 Å². The van der Waals surface area contributed by atoms with Crippen molar-refractivity contribution in [2.45, 2.75) is 18.9 Å². The molecule has 0 saturated carbocycles. The molecule has 1 amide bonds. The second-order valence-corrected chi connectivity index (χ2v) is 6.30. The first kappa shape index (κ1) is 16.5. The van der Waals surface area contributed by atoms with E-state index in [9.17, 15) is 4.79 Å². The van der Waals surface area contributed by atoms with Crippen molar-refractivity contribution in [1.29, 1.82) is 0 Å². The molecule has 26 heavy (non-hydrogen) atoms. The van der Waals surface area contributed by atoms with Crippen LogP contribution in [0.4, 0.5) is 5.69 Å². The Labute approximate surface area is 151 Å².